The van der Waals surface area contributed by atoms with Crippen LogP contribution in [-0.4, -0.2) is 35.2 Å². The fourth-order valence-electron chi connectivity index (χ4n) is 1.40. The standard InChI is InChI=1S/C12H15F2NO2S/c1-12(17,7-18-2)6-15-11(16)9-5-8(13)3-4-10(9)14/h3-5,17H,6-7H2,1-2H3,(H,15,16). The van der Waals surface area contributed by atoms with Crippen molar-refractivity contribution >= 4 is 17.7 Å². The molecule has 0 saturated heterocycles. The summed E-state index contributed by atoms with van der Waals surface area (Å²) in [6, 6.07) is 2.66. The molecule has 0 saturated carbocycles. The van der Waals surface area contributed by atoms with Gasteiger partial charge < -0.3 is 10.4 Å². The number of benzene rings is 1. The summed E-state index contributed by atoms with van der Waals surface area (Å²) in [6.07, 6.45) is 1.82. The number of hydrogen-bond acceptors (Lipinski definition) is 3. The van der Waals surface area contributed by atoms with Gasteiger partial charge in [0.05, 0.1) is 11.2 Å². The Labute approximate surface area is 109 Å². The number of thioether (sulfide) groups is 1. The van der Waals surface area contributed by atoms with Gasteiger partial charge in [0.25, 0.3) is 5.91 Å². The number of carbonyl (C=O) groups excluding carboxylic acids is 1. The zero-order chi connectivity index (χ0) is 13.8. The molecule has 0 heterocycles. The van der Waals surface area contributed by atoms with Gasteiger partial charge in [-0.15, -0.1) is 0 Å². The van der Waals surface area contributed by atoms with Crippen LogP contribution in [0.4, 0.5) is 8.78 Å². The third-order valence-electron chi connectivity index (χ3n) is 2.26. The average molecular weight is 275 g/mol. The Morgan fingerprint density at radius 2 is 2.17 bits per heavy atom. The van der Waals surface area contributed by atoms with Crippen molar-refractivity contribution < 1.29 is 18.7 Å². The van der Waals surface area contributed by atoms with Gasteiger partial charge in [-0.05, 0) is 31.4 Å². The molecule has 1 aromatic rings. The molecule has 3 nitrogen and oxygen atoms in total. The van der Waals surface area contributed by atoms with E-state index in [0.717, 1.165) is 18.2 Å². The monoisotopic (exact) mass is 275 g/mol. The largest absolute Gasteiger partial charge is 0.387 e. The second-order valence-corrected chi connectivity index (χ2v) is 5.10. The summed E-state index contributed by atoms with van der Waals surface area (Å²) in [4.78, 5) is 11.6. The fraction of sp³-hybridized carbons (Fsp3) is 0.417. The maximum atomic E-state index is 13.3. The molecule has 1 unspecified atom stereocenters. The normalized spacial score (nSPS) is 14.1. The molecule has 0 aliphatic rings. The number of hydrogen-bond donors (Lipinski definition) is 2. The molecule has 0 aromatic heterocycles. The van der Waals surface area contributed by atoms with Crippen molar-refractivity contribution in [2.45, 2.75) is 12.5 Å². The molecule has 0 fully saturated rings. The minimum absolute atomic E-state index is 0.0252. The molecule has 1 rings (SSSR count). The van der Waals surface area contributed by atoms with Crippen molar-refractivity contribution in [3.05, 3.63) is 35.4 Å². The highest BCUT2D eigenvalue weighted by Crippen LogP contribution is 2.12. The van der Waals surface area contributed by atoms with Crippen LogP contribution in [0.5, 0.6) is 0 Å². The molecule has 0 aliphatic carbocycles. The summed E-state index contributed by atoms with van der Waals surface area (Å²) in [5.41, 5.74) is -1.45. The van der Waals surface area contributed by atoms with Gasteiger partial charge in [-0.1, -0.05) is 0 Å². The van der Waals surface area contributed by atoms with Crippen molar-refractivity contribution in [1.82, 2.24) is 5.32 Å². The molecule has 100 valence electrons. The van der Waals surface area contributed by atoms with Crippen molar-refractivity contribution in [3.63, 3.8) is 0 Å². The fourth-order valence-corrected chi connectivity index (χ4v) is 2.12. The Hall–Kier alpha value is -1.14. The lowest BCUT2D eigenvalue weighted by Crippen LogP contribution is -2.42. The first-order chi connectivity index (χ1) is 8.35. The van der Waals surface area contributed by atoms with Crippen LogP contribution in [0.25, 0.3) is 0 Å². The number of halogens is 2. The van der Waals surface area contributed by atoms with Gasteiger partial charge in [-0.25, -0.2) is 8.78 Å². The quantitative estimate of drug-likeness (QED) is 0.861. The molecule has 1 amide bonds. The summed E-state index contributed by atoms with van der Waals surface area (Å²) < 4.78 is 26.2. The Morgan fingerprint density at radius 1 is 1.50 bits per heavy atom. The van der Waals surface area contributed by atoms with Crippen molar-refractivity contribution in [1.29, 1.82) is 0 Å². The molecule has 0 bridgehead atoms. The molecular weight excluding hydrogens is 260 g/mol. The zero-order valence-electron chi connectivity index (χ0n) is 10.2. The molecule has 0 spiro atoms. The maximum absolute atomic E-state index is 13.3. The van der Waals surface area contributed by atoms with E-state index in [-0.39, 0.29) is 12.1 Å². The van der Waals surface area contributed by atoms with E-state index in [4.69, 9.17) is 0 Å². The van der Waals surface area contributed by atoms with E-state index >= 15 is 0 Å². The van der Waals surface area contributed by atoms with Gasteiger partial charge in [0.2, 0.25) is 0 Å². The summed E-state index contributed by atoms with van der Waals surface area (Å²) in [5, 5.41) is 12.2. The Balaban J connectivity index is 2.69. The van der Waals surface area contributed by atoms with Crippen LogP contribution in [-0.2, 0) is 0 Å². The predicted molar refractivity (Wildman–Crippen MR) is 67.7 cm³/mol. The molecule has 6 heteroatoms. The van der Waals surface area contributed by atoms with Crippen molar-refractivity contribution in [2.24, 2.45) is 0 Å². The van der Waals surface area contributed by atoms with Gasteiger partial charge in [0.1, 0.15) is 11.6 Å². The highest BCUT2D eigenvalue weighted by Gasteiger charge is 2.21. The first-order valence-corrected chi connectivity index (χ1v) is 6.70. The SMILES string of the molecule is CSCC(C)(O)CNC(=O)c1cc(F)ccc1F. The Morgan fingerprint density at radius 3 is 2.78 bits per heavy atom. The van der Waals surface area contributed by atoms with Crippen LogP contribution < -0.4 is 5.32 Å². The molecule has 0 radical (unpaired) electrons. The van der Waals surface area contributed by atoms with Crippen molar-refractivity contribution in [3.8, 4) is 0 Å². The summed E-state index contributed by atoms with van der Waals surface area (Å²) in [5.74, 6) is -1.79. The Bertz CT molecular complexity index is 438. The van der Waals surface area contributed by atoms with Gasteiger partial charge in [-0.3, -0.25) is 4.79 Å². The van der Waals surface area contributed by atoms with Crippen LogP contribution >= 0.6 is 11.8 Å². The number of rotatable bonds is 5. The van der Waals surface area contributed by atoms with Crippen LogP contribution in [0.1, 0.15) is 17.3 Å². The van der Waals surface area contributed by atoms with Crippen LogP contribution in [0, 0.1) is 11.6 Å². The molecule has 1 atom stereocenters. The molecule has 18 heavy (non-hydrogen) atoms. The van der Waals surface area contributed by atoms with Gasteiger partial charge in [0.15, 0.2) is 0 Å². The highest BCUT2D eigenvalue weighted by molar-refractivity contribution is 7.98. The topological polar surface area (TPSA) is 49.3 Å². The predicted octanol–water partition coefficient (Wildman–Crippen LogP) is 1.81. The van der Waals surface area contributed by atoms with E-state index in [9.17, 15) is 18.7 Å². The molecular formula is C12H15F2NO2S. The minimum Gasteiger partial charge on any atom is -0.387 e. The van der Waals surface area contributed by atoms with Crippen LogP contribution in [0.15, 0.2) is 18.2 Å². The lowest BCUT2D eigenvalue weighted by atomic mass is 10.1. The van der Waals surface area contributed by atoms with Crippen LogP contribution in [0.2, 0.25) is 0 Å². The van der Waals surface area contributed by atoms with E-state index in [1.165, 1.54) is 11.8 Å². The maximum Gasteiger partial charge on any atom is 0.254 e. The number of aliphatic hydroxyl groups is 1. The second-order valence-electron chi connectivity index (χ2n) is 4.24. The van der Waals surface area contributed by atoms with Gasteiger partial charge >= 0.3 is 0 Å². The third-order valence-corrected chi connectivity index (χ3v) is 3.17. The second kappa shape index (κ2) is 6.15. The summed E-state index contributed by atoms with van der Waals surface area (Å²) >= 11 is 1.43. The highest BCUT2D eigenvalue weighted by atomic mass is 32.2. The number of nitrogens with one attached hydrogen (secondary N) is 1. The number of amides is 1. The van der Waals surface area contributed by atoms with Crippen molar-refractivity contribution in [2.75, 3.05) is 18.6 Å². The molecule has 1 aromatic carbocycles. The van der Waals surface area contributed by atoms with E-state index in [2.05, 4.69) is 5.32 Å². The van der Waals surface area contributed by atoms with E-state index in [1.807, 2.05) is 6.26 Å². The van der Waals surface area contributed by atoms with Gasteiger partial charge in [0, 0.05) is 12.3 Å². The van der Waals surface area contributed by atoms with E-state index in [0.29, 0.717) is 5.75 Å². The van der Waals surface area contributed by atoms with Crippen LogP contribution in [0.3, 0.4) is 0 Å². The van der Waals surface area contributed by atoms with E-state index in [1.54, 1.807) is 6.92 Å². The zero-order valence-corrected chi connectivity index (χ0v) is 11.0. The molecule has 0 aliphatic heterocycles. The molecule has 2 N–H and O–H groups in total. The third kappa shape index (κ3) is 4.27. The summed E-state index contributed by atoms with van der Waals surface area (Å²) in [6.45, 7) is 1.54. The van der Waals surface area contributed by atoms with Gasteiger partial charge in [-0.2, -0.15) is 11.8 Å². The Kier molecular flexibility index (Phi) is 5.10. The summed E-state index contributed by atoms with van der Waals surface area (Å²) in [7, 11) is 0. The lowest BCUT2D eigenvalue weighted by molar-refractivity contribution is 0.0722. The van der Waals surface area contributed by atoms with E-state index < -0.39 is 23.1 Å². The average Bonchev–Trinajstić information content (AvgIpc) is 2.29. The number of carbonyl (C=O) groups is 1. The first kappa shape index (κ1) is 14.9. The minimum atomic E-state index is -1.08. The smallest absolute Gasteiger partial charge is 0.254 e. The lowest BCUT2D eigenvalue weighted by Gasteiger charge is -2.22. The first-order valence-electron chi connectivity index (χ1n) is 5.30.